The first-order chi connectivity index (χ1) is 10.1. The van der Waals surface area contributed by atoms with Crippen LogP contribution in [0.1, 0.15) is 18.5 Å². The molecule has 0 heterocycles. The van der Waals surface area contributed by atoms with Crippen molar-refractivity contribution in [2.75, 3.05) is 13.2 Å². The van der Waals surface area contributed by atoms with Crippen molar-refractivity contribution in [3.05, 3.63) is 57.0 Å². The molecule has 2 rings (SSSR count). The number of nitrogens with two attached hydrogens (primary N) is 1. The molecule has 2 aromatic carbocycles. The number of ether oxygens (including phenoxy) is 2. The Labute approximate surface area is 141 Å². The van der Waals surface area contributed by atoms with E-state index in [0.29, 0.717) is 13.2 Å². The zero-order valence-electron chi connectivity index (χ0n) is 11.7. The second-order valence-corrected chi connectivity index (χ2v) is 6.45. The lowest BCUT2D eigenvalue weighted by Crippen LogP contribution is -2.12. The third-order valence-electron chi connectivity index (χ3n) is 2.89. The Hall–Kier alpha value is -1.04. The minimum Gasteiger partial charge on any atom is -0.490 e. The summed E-state index contributed by atoms with van der Waals surface area (Å²) < 4.78 is 13.4. The Kier molecular flexibility index (Phi) is 6.08. The van der Waals surface area contributed by atoms with Crippen molar-refractivity contribution in [1.29, 1.82) is 0 Å². The first-order valence-electron chi connectivity index (χ1n) is 6.62. The maximum absolute atomic E-state index is 5.94. The van der Waals surface area contributed by atoms with Gasteiger partial charge in [-0.3, -0.25) is 0 Å². The summed E-state index contributed by atoms with van der Waals surface area (Å²) in [6.07, 6.45) is 0. The van der Waals surface area contributed by atoms with Crippen LogP contribution in [-0.4, -0.2) is 13.2 Å². The SMILES string of the molecule is C[C@@H](N)c1ccc(Br)cc1OCCOc1ccc(Br)cc1. The van der Waals surface area contributed by atoms with Crippen molar-refractivity contribution < 1.29 is 9.47 Å². The van der Waals surface area contributed by atoms with E-state index < -0.39 is 0 Å². The van der Waals surface area contributed by atoms with E-state index in [0.717, 1.165) is 26.0 Å². The second-order valence-electron chi connectivity index (χ2n) is 4.62. The van der Waals surface area contributed by atoms with E-state index >= 15 is 0 Å². The quantitative estimate of drug-likeness (QED) is 0.697. The minimum absolute atomic E-state index is 0.0690. The average molecular weight is 415 g/mol. The third kappa shape index (κ3) is 5.02. The molecule has 5 heteroatoms. The molecule has 0 spiro atoms. The predicted octanol–water partition coefficient (Wildman–Crippen LogP) is 4.69. The van der Waals surface area contributed by atoms with E-state index in [9.17, 15) is 0 Å². The summed E-state index contributed by atoms with van der Waals surface area (Å²) in [6.45, 7) is 2.88. The van der Waals surface area contributed by atoms with Crippen LogP contribution in [0.2, 0.25) is 0 Å². The summed E-state index contributed by atoms with van der Waals surface area (Å²) in [4.78, 5) is 0. The average Bonchev–Trinajstić information content (AvgIpc) is 2.45. The standard InChI is InChI=1S/C16H17Br2NO2/c1-11(19)15-7-4-13(18)10-16(15)21-9-8-20-14-5-2-12(17)3-6-14/h2-7,10-11H,8-9,19H2,1H3/t11-/m1/s1. The molecule has 2 aromatic rings. The molecule has 0 fully saturated rings. The van der Waals surface area contributed by atoms with Crippen molar-refractivity contribution in [3.8, 4) is 11.5 Å². The molecule has 0 bridgehead atoms. The van der Waals surface area contributed by atoms with Gasteiger partial charge < -0.3 is 15.2 Å². The van der Waals surface area contributed by atoms with Crippen molar-refractivity contribution in [2.24, 2.45) is 5.73 Å². The Balaban J connectivity index is 1.88. The van der Waals surface area contributed by atoms with Gasteiger partial charge in [-0.25, -0.2) is 0 Å². The van der Waals surface area contributed by atoms with Crippen LogP contribution in [0.5, 0.6) is 11.5 Å². The molecule has 0 aliphatic rings. The molecule has 112 valence electrons. The highest BCUT2D eigenvalue weighted by molar-refractivity contribution is 9.10. The molecule has 0 amide bonds. The molecule has 0 aromatic heterocycles. The van der Waals surface area contributed by atoms with Gasteiger partial charge in [0.25, 0.3) is 0 Å². The normalized spacial score (nSPS) is 12.0. The van der Waals surface area contributed by atoms with Gasteiger partial charge >= 0.3 is 0 Å². The van der Waals surface area contributed by atoms with E-state index in [2.05, 4.69) is 31.9 Å². The summed E-state index contributed by atoms with van der Waals surface area (Å²) in [7, 11) is 0. The Morgan fingerprint density at radius 3 is 2.24 bits per heavy atom. The maximum Gasteiger partial charge on any atom is 0.125 e. The molecular weight excluding hydrogens is 398 g/mol. The van der Waals surface area contributed by atoms with Crippen molar-refractivity contribution in [1.82, 2.24) is 0 Å². The first-order valence-corrected chi connectivity index (χ1v) is 8.21. The first kappa shape index (κ1) is 16.3. The van der Waals surface area contributed by atoms with Crippen LogP contribution < -0.4 is 15.2 Å². The molecule has 0 saturated heterocycles. The lowest BCUT2D eigenvalue weighted by molar-refractivity contribution is 0.215. The lowest BCUT2D eigenvalue weighted by Gasteiger charge is -2.15. The van der Waals surface area contributed by atoms with Gasteiger partial charge in [-0.1, -0.05) is 37.9 Å². The van der Waals surface area contributed by atoms with E-state index in [1.54, 1.807) is 0 Å². The second kappa shape index (κ2) is 7.82. The van der Waals surface area contributed by atoms with Crippen molar-refractivity contribution in [3.63, 3.8) is 0 Å². The van der Waals surface area contributed by atoms with Gasteiger partial charge in [0, 0.05) is 20.6 Å². The number of hydrogen-bond donors (Lipinski definition) is 1. The molecule has 0 aliphatic carbocycles. The zero-order chi connectivity index (χ0) is 15.2. The molecule has 21 heavy (non-hydrogen) atoms. The van der Waals surface area contributed by atoms with Crippen molar-refractivity contribution in [2.45, 2.75) is 13.0 Å². The molecule has 0 unspecified atom stereocenters. The van der Waals surface area contributed by atoms with Gasteiger partial charge in [0.05, 0.1) is 0 Å². The smallest absolute Gasteiger partial charge is 0.125 e. The molecular formula is C16H17Br2NO2. The van der Waals surface area contributed by atoms with Crippen LogP contribution in [0, 0.1) is 0 Å². The topological polar surface area (TPSA) is 44.5 Å². The Morgan fingerprint density at radius 1 is 0.952 bits per heavy atom. The summed E-state index contributed by atoms with van der Waals surface area (Å²) in [5.74, 6) is 1.61. The fourth-order valence-corrected chi connectivity index (χ4v) is 2.46. The molecule has 0 radical (unpaired) electrons. The van der Waals surface area contributed by atoms with E-state index in [4.69, 9.17) is 15.2 Å². The van der Waals surface area contributed by atoms with Crippen LogP contribution in [0.25, 0.3) is 0 Å². The zero-order valence-corrected chi connectivity index (χ0v) is 14.9. The Bertz CT molecular complexity index is 585. The van der Waals surface area contributed by atoms with Gasteiger partial charge in [0.1, 0.15) is 24.7 Å². The monoisotopic (exact) mass is 413 g/mol. The van der Waals surface area contributed by atoms with Gasteiger partial charge in [-0.15, -0.1) is 0 Å². The summed E-state index contributed by atoms with van der Waals surface area (Å²) in [5.41, 5.74) is 6.93. The number of halogens is 2. The van der Waals surface area contributed by atoms with Gasteiger partial charge in [-0.05, 0) is 43.3 Å². The fraction of sp³-hybridized carbons (Fsp3) is 0.250. The fourth-order valence-electron chi connectivity index (χ4n) is 1.85. The van der Waals surface area contributed by atoms with E-state index in [-0.39, 0.29) is 6.04 Å². The van der Waals surface area contributed by atoms with Gasteiger partial charge in [-0.2, -0.15) is 0 Å². The molecule has 3 nitrogen and oxygen atoms in total. The highest BCUT2D eigenvalue weighted by Gasteiger charge is 2.08. The van der Waals surface area contributed by atoms with Crippen molar-refractivity contribution >= 4 is 31.9 Å². The highest BCUT2D eigenvalue weighted by atomic mass is 79.9. The largest absolute Gasteiger partial charge is 0.490 e. The summed E-state index contributed by atoms with van der Waals surface area (Å²) in [5, 5.41) is 0. The molecule has 0 saturated carbocycles. The van der Waals surface area contributed by atoms with Crippen LogP contribution in [-0.2, 0) is 0 Å². The van der Waals surface area contributed by atoms with Crippen LogP contribution in [0.3, 0.4) is 0 Å². The predicted molar refractivity (Wildman–Crippen MR) is 91.9 cm³/mol. The maximum atomic E-state index is 5.94. The van der Waals surface area contributed by atoms with E-state index in [1.165, 1.54) is 0 Å². The van der Waals surface area contributed by atoms with Crippen LogP contribution in [0.4, 0.5) is 0 Å². The molecule has 0 aliphatic heterocycles. The number of hydrogen-bond acceptors (Lipinski definition) is 3. The summed E-state index contributed by atoms with van der Waals surface area (Å²) >= 11 is 6.83. The number of benzene rings is 2. The van der Waals surface area contributed by atoms with Gasteiger partial charge in [0.15, 0.2) is 0 Å². The molecule has 1 atom stereocenters. The summed E-state index contributed by atoms with van der Waals surface area (Å²) in [6, 6.07) is 13.5. The van der Waals surface area contributed by atoms with Crippen LogP contribution >= 0.6 is 31.9 Å². The highest BCUT2D eigenvalue weighted by Crippen LogP contribution is 2.27. The lowest BCUT2D eigenvalue weighted by atomic mass is 10.1. The molecule has 2 N–H and O–H groups in total. The van der Waals surface area contributed by atoms with Gasteiger partial charge in [0.2, 0.25) is 0 Å². The van der Waals surface area contributed by atoms with E-state index in [1.807, 2.05) is 49.4 Å². The Morgan fingerprint density at radius 2 is 1.57 bits per heavy atom. The third-order valence-corrected chi connectivity index (χ3v) is 3.91. The number of rotatable bonds is 6. The van der Waals surface area contributed by atoms with Crippen LogP contribution in [0.15, 0.2) is 51.4 Å². The minimum atomic E-state index is -0.0690.